The third-order valence-electron chi connectivity index (χ3n) is 4.15. The molecule has 0 aliphatic carbocycles. The van der Waals surface area contributed by atoms with E-state index in [0.717, 1.165) is 30.7 Å². The maximum Gasteiger partial charge on any atom is 0.224 e. The number of para-hydroxylation sites is 2. The quantitative estimate of drug-likeness (QED) is 0.889. The number of hydrogen-bond donors (Lipinski definition) is 1. The smallest absolute Gasteiger partial charge is 0.224 e. The Morgan fingerprint density at radius 2 is 2.14 bits per heavy atom. The third-order valence-corrected chi connectivity index (χ3v) is 4.15. The molecule has 1 N–H and O–H groups in total. The molecule has 0 saturated carbocycles. The van der Waals surface area contributed by atoms with Gasteiger partial charge < -0.3 is 14.6 Å². The highest BCUT2D eigenvalue weighted by Gasteiger charge is 2.19. The summed E-state index contributed by atoms with van der Waals surface area (Å²) in [5.41, 5.74) is 1.66. The van der Waals surface area contributed by atoms with Gasteiger partial charge in [-0.3, -0.25) is 4.79 Å². The molecule has 22 heavy (non-hydrogen) atoms. The predicted octanol–water partition coefficient (Wildman–Crippen LogP) is 2.22. The molecule has 2 heterocycles. The molecular weight excluding hydrogens is 278 g/mol. The topological polar surface area (TPSA) is 58.4 Å². The van der Waals surface area contributed by atoms with Crippen LogP contribution in [0.5, 0.6) is 0 Å². The summed E-state index contributed by atoms with van der Waals surface area (Å²) in [6.07, 6.45) is 3.13. The Labute approximate surface area is 130 Å². The SMILES string of the molecule is C[C@H](CN1CCCC1)C(=O)NCCc1nc2ccccc2o1. The van der Waals surface area contributed by atoms with Gasteiger partial charge in [0.05, 0.1) is 0 Å². The van der Waals surface area contributed by atoms with Gasteiger partial charge >= 0.3 is 0 Å². The minimum absolute atomic E-state index is 0.0294. The number of aromatic nitrogens is 1. The second kappa shape index (κ2) is 6.92. The van der Waals surface area contributed by atoms with E-state index < -0.39 is 0 Å². The molecule has 1 aromatic heterocycles. The molecule has 1 aliphatic rings. The average molecular weight is 301 g/mol. The Kier molecular flexibility index (Phi) is 4.73. The van der Waals surface area contributed by atoms with Crippen LogP contribution in [0.2, 0.25) is 0 Å². The Balaban J connectivity index is 1.44. The van der Waals surface area contributed by atoms with Gasteiger partial charge in [-0.2, -0.15) is 0 Å². The summed E-state index contributed by atoms with van der Waals surface area (Å²) in [5, 5.41) is 2.98. The van der Waals surface area contributed by atoms with Crippen LogP contribution >= 0.6 is 0 Å². The Hall–Kier alpha value is -1.88. The first-order valence-electron chi connectivity index (χ1n) is 8.07. The number of oxazole rings is 1. The van der Waals surface area contributed by atoms with Gasteiger partial charge in [0, 0.05) is 25.4 Å². The summed E-state index contributed by atoms with van der Waals surface area (Å²) in [6.45, 7) is 5.67. The maximum absolute atomic E-state index is 12.1. The van der Waals surface area contributed by atoms with Crippen molar-refractivity contribution in [1.29, 1.82) is 0 Å². The number of hydrogen-bond acceptors (Lipinski definition) is 4. The zero-order valence-electron chi connectivity index (χ0n) is 13.0. The van der Waals surface area contributed by atoms with Crippen molar-refractivity contribution < 1.29 is 9.21 Å². The van der Waals surface area contributed by atoms with Crippen LogP contribution in [0.1, 0.15) is 25.7 Å². The van der Waals surface area contributed by atoms with E-state index in [1.54, 1.807) is 0 Å². The second-order valence-electron chi connectivity index (χ2n) is 6.03. The van der Waals surface area contributed by atoms with Crippen LogP contribution < -0.4 is 5.32 Å². The normalized spacial score (nSPS) is 17.0. The lowest BCUT2D eigenvalue weighted by Gasteiger charge is -2.19. The fraction of sp³-hybridized carbons (Fsp3) is 0.529. The summed E-state index contributed by atoms with van der Waals surface area (Å²) < 4.78 is 5.65. The summed E-state index contributed by atoms with van der Waals surface area (Å²) in [7, 11) is 0. The molecular formula is C17H23N3O2. The molecule has 0 bridgehead atoms. The zero-order chi connectivity index (χ0) is 15.4. The Morgan fingerprint density at radius 3 is 2.91 bits per heavy atom. The van der Waals surface area contributed by atoms with E-state index in [0.29, 0.717) is 18.9 Å². The number of carbonyl (C=O) groups is 1. The molecule has 3 rings (SSSR count). The number of nitrogens with zero attached hydrogens (tertiary/aromatic N) is 2. The van der Waals surface area contributed by atoms with Crippen molar-refractivity contribution in [2.24, 2.45) is 5.92 Å². The highest BCUT2D eigenvalue weighted by molar-refractivity contribution is 5.78. The Bertz CT molecular complexity index is 599. The summed E-state index contributed by atoms with van der Waals surface area (Å²) in [6, 6.07) is 7.71. The number of likely N-dealkylation sites (tertiary alicyclic amines) is 1. The minimum Gasteiger partial charge on any atom is -0.441 e. The highest BCUT2D eigenvalue weighted by Crippen LogP contribution is 2.14. The molecule has 1 fully saturated rings. The van der Waals surface area contributed by atoms with E-state index in [1.165, 1.54) is 12.8 Å². The van der Waals surface area contributed by atoms with Crippen molar-refractivity contribution in [3.05, 3.63) is 30.2 Å². The van der Waals surface area contributed by atoms with E-state index >= 15 is 0 Å². The van der Waals surface area contributed by atoms with Gasteiger partial charge in [-0.05, 0) is 38.1 Å². The van der Waals surface area contributed by atoms with Crippen LogP contribution in [0, 0.1) is 5.92 Å². The fourth-order valence-electron chi connectivity index (χ4n) is 2.93. The van der Waals surface area contributed by atoms with Gasteiger partial charge in [0.1, 0.15) is 5.52 Å². The Morgan fingerprint density at radius 1 is 1.36 bits per heavy atom. The molecule has 118 valence electrons. The molecule has 0 unspecified atom stereocenters. The van der Waals surface area contributed by atoms with E-state index in [9.17, 15) is 4.79 Å². The van der Waals surface area contributed by atoms with Crippen molar-refractivity contribution in [2.45, 2.75) is 26.2 Å². The summed E-state index contributed by atoms with van der Waals surface area (Å²) in [4.78, 5) is 18.9. The van der Waals surface area contributed by atoms with Crippen LogP contribution in [-0.2, 0) is 11.2 Å². The lowest BCUT2D eigenvalue weighted by atomic mass is 10.1. The predicted molar refractivity (Wildman–Crippen MR) is 85.6 cm³/mol. The lowest BCUT2D eigenvalue weighted by Crippen LogP contribution is -2.37. The first kappa shape index (κ1) is 15.0. The first-order chi connectivity index (χ1) is 10.7. The lowest BCUT2D eigenvalue weighted by molar-refractivity contribution is -0.124. The molecule has 0 spiro atoms. The monoisotopic (exact) mass is 301 g/mol. The maximum atomic E-state index is 12.1. The van der Waals surface area contributed by atoms with Gasteiger partial charge in [0.15, 0.2) is 11.5 Å². The van der Waals surface area contributed by atoms with Crippen LogP contribution in [0.25, 0.3) is 11.1 Å². The van der Waals surface area contributed by atoms with Crippen LogP contribution in [0.15, 0.2) is 28.7 Å². The van der Waals surface area contributed by atoms with E-state index in [-0.39, 0.29) is 11.8 Å². The molecule has 2 aromatic rings. The van der Waals surface area contributed by atoms with Gasteiger partial charge in [-0.1, -0.05) is 19.1 Å². The first-order valence-corrected chi connectivity index (χ1v) is 8.07. The molecule has 5 heteroatoms. The van der Waals surface area contributed by atoms with Gasteiger partial charge in [-0.25, -0.2) is 4.98 Å². The molecule has 1 aromatic carbocycles. The molecule has 1 saturated heterocycles. The number of nitrogens with one attached hydrogen (secondary N) is 1. The summed E-state index contributed by atoms with van der Waals surface area (Å²) >= 11 is 0. The molecule has 1 atom stereocenters. The second-order valence-corrected chi connectivity index (χ2v) is 6.03. The van der Waals surface area contributed by atoms with Gasteiger partial charge in [-0.15, -0.1) is 0 Å². The van der Waals surface area contributed by atoms with Crippen molar-refractivity contribution in [3.8, 4) is 0 Å². The molecule has 5 nitrogen and oxygen atoms in total. The van der Waals surface area contributed by atoms with Crippen LogP contribution in [0.3, 0.4) is 0 Å². The standard InChI is InChI=1S/C17H23N3O2/c1-13(12-20-10-4-5-11-20)17(21)18-9-8-16-19-14-6-2-3-7-15(14)22-16/h2-3,6-7,13H,4-5,8-12H2,1H3,(H,18,21)/t13-/m1/s1. The molecule has 1 aliphatic heterocycles. The van der Waals surface area contributed by atoms with E-state index in [1.807, 2.05) is 31.2 Å². The zero-order valence-corrected chi connectivity index (χ0v) is 13.0. The number of fused-ring (bicyclic) bond motifs is 1. The van der Waals surface area contributed by atoms with Crippen molar-refractivity contribution in [3.63, 3.8) is 0 Å². The van der Waals surface area contributed by atoms with E-state index in [4.69, 9.17) is 4.42 Å². The highest BCUT2D eigenvalue weighted by atomic mass is 16.3. The third kappa shape index (κ3) is 3.65. The van der Waals surface area contributed by atoms with Crippen molar-refractivity contribution in [2.75, 3.05) is 26.2 Å². The number of carbonyl (C=O) groups excluding carboxylic acids is 1. The fourth-order valence-corrected chi connectivity index (χ4v) is 2.93. The average Bonchev–Trinajstić information content (AvgIpc) is 3.15. The van der Waals surface area contributed by atoms with Crippen LogP contribution in [-0.4, -0.2) is 42.0 Å². The number of benzene rings is 1. The van der Waals surface area contributed by atoms with Crippen molar-refractivity contribution in [1.82, 2.24) is 15.2 Å². The van der Waals surface area contributed by atoms with Crippen molar-refractivity contribution >= 4 is 17.0 Å². The molecule has 1 amide bonds. The molecule has 0 radical (unpaired) electrons. The van der Waals surface area contributed by atoms with Crippen LogP contribution in [0.4, 0.5) is 0 Å². The largest absolute Gasteiger partial charge is 0.441 e. The minimum atomic E-state index is 0.0294. The number of amides is 1. The van der Waals surface area contributed by atoms with Gasteiger partial charge in [0.2, 0.25) is 5.91 Å². The number of rotatable bonds is 6. The summed E-state index contributed by atoms with van der Waals surface area (Å²) in [5.74, 6) is 0.818. The van der Waals surface area contributed by atoms with E-state index in [2.05, 4.69) is 15.2 Å². The van der Waals surface area contributed by atoms with Gasteiger partial charge in [0.25, 0.3) is 0 Å².